The summed E-state index contributed by atoms with van der Waals surface area (Å²) in [6.07, 6.45) is 3.96. The predicted molar refractivity (Wildman–Crippen MR) is 61.4 cm³/mol. The first-order valence-electron chi connectivity index (χ1n) is 5.50. The minimum absolute atomic E-state index is 0.326. The molecule has 0 bridgehead atoms. The molecule has 0 unspecified atom stereocenters. The van der Waals surface area contributed by atoms with Crippen molar-refractivity contribution in [1.29, 1.82) is 0 Å². The van der Waals surface area contributed by atoms with Gasteiger partial charge in [-0.2, -0.15) is 0 Å². The molecule has 0 saturated heterocycles. The van der Waals surface area contributed by atoms with Crippen molar-refractivity contribution in [3.8, 4) is 0 Å². The van der Waals surface area contributed by atoms with Crippen molar-refractivity contribution in [2.24, 2.45) is 5.92 Å². The number of nitrogens with zero attached hydrogens (tertiary/aromatic N) is 1. The highest BCUT2D eigenvalue weighted by Crippen LogP contribution is 2.28. The lowest BCUT2D eigenvalue weighted by Gasteiger charge is -2.33. The summed E-state index contributed by atoms with van der Waals surface area (Å²) in [7, 11) is 1.38. The second-order valence-corrected chi connectivity index (χ2v) is 4.34. The van der Waals surface area contributed by atoms with Gasteiger partial charge in [-0.1, -0.05) is 6.92 Å². The molecule has 1 fully saturated rings. The Bertz CT molecular complexity index is 386. The summed E-state index contributed by atoms with van der Waals surface area (Å²) in [4.78, 5) is 15.5. The van der Waals surface area contributed by atoms with Crippen molar-refractivity contribution in [3.63, 3.8) is 0 Å². The second kappa shape index (κ2) is 4.51. The molecule has 0 atom stereocenters. The van der Waals surface area contributed by atoms with E-state index in [-0.39, 0.29) is 5.97 Å². The first-order valence-corrected chi connectivity index (χ1v) is 5.50. The van der Waals surface area contributed by atoms with Crippen molar-refractivity contribution in [2.75, 3.05) is 12.4 Å². The van der Waals surface area contributed by atoms with Crippen LogP contribution in [0.2, 0.25) is 0 Å². The maximum atomic E-state index is 11.3. The Labute approximate surface area is 95.0 Å². The van der Waals surface area contributed by atoms with E-state index >= 15 is 0 Å². The summed E-state index contributed by atoms with van der Waals surface area (Å²) in [6.45, 7) is 2.23. The van der Waals surface area contributed by atoms with Gasteiger partial charge in [0.15, 0.2) is 0 Å². The fourth-order valence-electron chi connectivity index (χ4n) is 1.98. The van der Waals surface area contributed by atoms with Crippen molar-refractivity contribution in [2.45, 2.75) is 25.8 Å². The fourth-order valence-corrected chi connectivity index (χ4v) is 1.98. The first-order chi connectivity index (χ1) is 7.69. The van der Waals surface area contributed by atoms with E-state index in [9.17, 15) is 4.79 Å². The van der Waals surface area contributed by atoms with Gasteiger partial charge in [0.2, 0.25) is 0 Å². The van der Waals surface area contributed by atoms with Crippen LogP contribution >= 0.6 is 0 Å². The average molecular weight is 220 g/mol. The van der Waals surface area contributed by atoms with Gasteiger partial charge in [-0.15, -0.1) is 0 Å². The highest BCUT2D eigenvalue weighted by molar-refractivity contribution is 5.89. The summed E-state index contributed by atoms with van der Waals surface area (Å²) in [5.41, 5.74) is 0.535. The van der Waals surface area contributed by atoms with Crippen LogP contribution in [0.3, 0.4) is 0 Å². The zero-order valence-corrected chi connectivity index (χ0v) is 9.56. The molecule has 86 valence electrons. The molecule has 1 saturated carbocycles. The number of hydrogen-bond acceptors (Lipinski definition) is 4. The number of methoxy groups -OCH3 is 1. The highest BCUT2D eigenvalue weighted by Gasteiger charge is 2.25. The van der Waals surface area contributed by atoms with Crippen LogP contribution in [0.5, 0.6) is 0 Å². The Morgan fingerprint density at radius 1 is 1.56 bits per heavy atom. The monoisotopic (exact) mass is 220 g/mol. The minimum Gasteiger partial charge on any atom is -0.465 e. The van der Waals surface area contributed by atoms with Crippen LogP contribution in [0.15, 0.2) is 18.3 Å². The average Bonchev–Trinajstić information content (AvgIpc) is 2.26. The van der Waals surface area contributed by atoms with Crippen molar-refractivity contribution >= 4 is 11.8 Å². The molecule has 2 rings (SSSR count). The van der Waals surface area contributed by atoms with Crippen LogP contribution in [0, 0.1) is 5.92 Å². The largest absolute Gasteiger partial charge is 0.465 e. The van der Waals surface area contributed by atoms with Gasteiger partial charge >= 0.3 is 5.97 Å². The summed E-state index contributed by atoms with van der Waals surface area (Å²) in [6, 6.07) is 3.88. The molecule has 4 nitrogen and oxygen atoms in total. The molecule has 0 amide bonds. The third-order valence-electron chi connectivity index (χ3n) is 2.91. The molecular weight excluding hydrogens is 204 g/mol. The van der Waals surface area contributed by atoms with Crippen LogP contribution in [0.25, 0.3) is 0 Å². The Morgan fingerprint density at radius 3 is 2.94 bits per heavy atom. The second-order valence-electron chi connectivity index (χ2n) is 4.34. The van der Waals surface area contributed by atoms with Crippen LogP contribution in [-0.2, 0) is 4.74 Å². The van der Waals surface area contributed by atoms with Crippen molar-refractivity contribution in [3.05, 3.63) is 23.9 Å². The number of carbonyl (C=O) groups is 1. The molecule has 1 aliphatic rings. The maximum Gasteiger partial charge on any atom is 0.338 e. The summed E-state index contributed by atoms with van der Waals surface area (Å²) in [5.74, 6) is 1.22. The number of rotatable bonds is 3. The molecule has 1 aromatic rings. The van der Waals surface area contributed by atoms with E-state index in [2.05, 4.69) is 22.0 Å². The van der Waals surface area contributed by atoms with E-state index in [4.69, 9.17) is 0 Å². The van der Waals surface area contributed by atoms with E-state index in [1.54, 1.807) is 18.3 Å². The molecule has 0 spiro atoms. The van der Waals surface area contributed by atoms with E-state index in [0.29, 0.717) is 11.6 Å². The van der Waals surface area contributed by atoms with Crippen LogP contribution in [0.1, 0.15) is 30.1 Å². The molecule has 0 aromatic carbocycles. The third kappa shape index (κ3) is 2.32. The van der Waals surface area contributed by atoms with E-state index in [1.807, 2.05) is 0 Å². The van der Waals surface area contributed by atoms with Gasteiger partial charge in [0, 0.05) is 12.2 Å². The quantitative estimate of drug-likeness (QED) is 0.792. The number of aromatic nitrogens is 1. The molecule has 0 aliphatic heterocycles. The van der Waals surface area contributed by atoms with Crippen LogP contribution in [-0.4, -0.2) is 24.1 Å². The molecule has 1 aromatic heterocycles. The Hall–Kier alpha value is -1.58. The van der Waals surface area contributed by atoms with Gasteiger partial charge in [-0.05, 0) is 30.9 Å². The van der Waals surface area contributed by atoms with Crippen molar-refractivity contribution < 1.29 is 9.53 Å². The maximum absolute atomic E-state index is 11.3. The molecule has 0 radical (unpaired) electrons. The van der Waals surface area contributed by atoms with Gasteiger partial charge in [0.1, 0.15) is 5.82 Å². The number of nitrogens with one attached hydrogen (secondary N) is 1. The topological polar surface area (TPSA) is 51.2 Å². The Morgan fingerprint density at radius 2 is 2.31 bits per heavy atom. The molecule has 4 heteroatoms. The SMILES string of the molecule is COC(=O)c1ccnc(NC2CC(C)C2)c1. The third-order valence-corrected chi connectivity index (χ3v) is 2.91. The molecular formula is C12H16N2O2. The van der Waals surface area contributed by atoms with Gasteiger partial charge < -0.3 is 10.1 Å². The van der Waals surface area contributed by atoms with Gasteiger partial charge in [-0.3, -0.25) is 0 Å². The van der Waals surface area contributed by atoms with Gasteiger partial charge in [0.05, 0.1) is 12.7 Å². The number of anilines is 1. The fraction of sp³-hybridized carbons (Fsp3) is 0.500. The Kier molecular flexibility index (Phi) is 3.08. The predicted octanol–water partition coefficient (Wildman–Crippen LogP) is 2.08. The number of carbonyl (C=O) groups excluding carboxylic acids is 1. The normalized spacial score (nSPS) is 23.4. The molecule has 16 heavy (non-hydrogen) atoms. The number of hydrogen-bond donors (Lipinski definition) is 1. The summed E-state index contributed by atoms with van der Waals surface area (Å²) < 4.78 is 4.66. The highest BCUT2D eigenvalue weighted by atomic mass is 16.5. The number of pyridine rings is 1. The molecule has 1 heterocycles. The lowest BCUT2D eigenvalue weighted by atomic mass is 9.82. The van der Waals surface area contributed by atoms with Crippen molar-refractivity contribution in [1.82, 2.24) is 4.98 Å². The van der Waals surface area contributed by atoms with E-state index < -0.39 is 0 Å². The smallest absolute Gasteiger partial charge is 0.338 e. The Balaban J connectivity index is 2.02. The van der Waals surface area contributed by atoms with E-state index in [1.165, 1.54) is 20.0 Å². The minimum atomic E-state index is -0.326. The molecule has 1 N–H and O–H groups in total. The van der Waals surface area contributed by atoms with Crippen LogP contribution < -0.4 is 5.32 Å². The zero-order chi connectivity index (χ0) is 11.5. The summed E-state index contributed by atoms with van der Waals surface area (Å²) >= 11 is 0. The number of ether oxygens (including phenoxy) is 1. The lowest BCUT2D eigenvalue weighted by Crippen LogP contribution is -2.34. The molecule has 1 aliphatic carbocycles. The van der Waals surface area contributed by atoms with Gasteiger partial charge in [0.25, 0.3) is 0 Å². The van der Waals surface area contributed by atoms with E-state index in [0.717, 1.165) is 11.7 Å². The summed E-state index contributed by atoms with van der Waals surface area (Å²) in [5, 5.41) is 3.31. The number of esters is 1. The van der Waals surface area contributed by atoms with Gasteiger partial charge in [-0.25, -0.2) is 9.78 Å². The lowest BCUT2D eigenvalue weighted by molar-refractivity contribution is 0.0600. The van der Waals surface area contributed by atoms with Crippen LogP contribution in [0.4, 0.5) is 5.82 Å². The standard InChI is InChI=1S/C12H16N2O2/c1-8-5-10(6-8)14-11-7-9(3-4-13-11)12(15)16-2/h3-4,7-8,10H,5-6H2,1-2H3,(H,13,14). The first kappa shape index (κ1) is 10.9. The zero-order valence-electron chi connectivity index (χ0n) is 9.56.